The zero-order valence-corrected chi connectivity index (χ0v) is 12.4. The second-order valence-corrected chi connectivity index (χ2v) is 22.2. The SMILES string of the molecule is CC[As](CC)[Si](CC)(CC)CC. The van der Waals surface area contributed by atoms with Crippen molar-refractivity contribution in [3.05, 3.63) is 0 Å². The molecule has 0 amide bonds. The van der Waals surface area contributed by atoms with Crippen molar-refractivity contribution in [2.45, 2.75) is 63.2 Å². The van der Waals surface area contributed by atoms with Crippen molar-refractivity contribution < 1.29 is 0 Å². The van der Waals surface area contributed by atoms with Gasteiger partial charge < -0.3 is 0 Å². The molecule has 0 aliphatic carbocycles. The third-order valence-corrected chi connectivity index (χ3v) is 29.6. The molecule has 0 atom stereocenters. The van der Waals surface area contributed by atoms with Crippen LogP contribution in [0.5, 0.6) is 0 Å². The fourth-order valence-electron chi connectivity index (χ4n) is 2.32. The molecule has 0 unspecified atom stereocenters. The molecule has 0 aliphatic heterocycles. The number of hydrogen-bond donors (Lipinski definition) is 0. The molecular weight excluding hydrogens is 223 g/mol. The third kappa shape index (κ3) is 2.63. The predicted octanol–water partition coefficient (Wildman–Crippen LogP) is 4.11. The van der Waals surface area contributed by atoms with Crippen LogP contribution in [0.4, 0.5) is 0 Å². The molecule has 0 saturated heterocycles. The molecule has 0 spiro atoms. The molecule has 0 nitrogen and oxygen atoms in total. The van der Waals surface area contributed by atoms with Gasteiger partial charge in [-0.2, -0.15) is 0 Å². The van der Waals surface area contributed by atoms with E-state index in [4.69, 9.17) is 0 Å². The number of hydrogen-bond acceptors (Lipinski definition) is 0. The van der Waals surface area contributed by atoms with Crippen LogP contribution >= 0.6 is 0 Å². The molecule has 0 fully saturated rings. The fourth-order valence-corrected chi connectivity index (χ4v) is 24.3. The van der Waals surface area contributed by atoms with Gasteiger partial charge in [-0.1, -0.05) is 0 Å². The number of rotatable bonds is 6. The predicted molar refractivity (Wildman–Crippen MR) is 63.9 cm³/mol. The van der Waals surface area contributed by atoms with E-state index in [0.717, 1.165) is 0 Å². The Morgan fingerprint density at radius 3 is 1.17 bits per heavy atom. The Morgan fingerprint density at radius 1 is 0.750 bits per heavy atom. The normalized spacial score (nSPS) is 12.5. The third-order valence-electron chi connectivity index (χ3n) is 3.41. The van der Waals surface area contributed by atoms with Crippen LogP contribution in [0.1, 0.15) is 34.6 Å². The van der Waals surface area contributed by atoms with Gasteiger partial charge in [0.1, 0.15) is 0 Å². The minimum atomic E-state index is -0.701. The Bertz CT molecular complexity index is 98.1. The van der Waals surface area contributed by atoms with Crippen LogP contribution in [0.15, 0.2) is 0 Å². The zero-order chi connectivity index (χ0) is 9.61. The standard InChI is InChI=1S/C10H25AsSi/c1-6-11(7-2)12(8-3,9-4)10-5/h6-10H2,1-5H3. The van der Waals surface area contributed by atoms with E-state index < -0.39 is 6.54 Å². The van der Waals surface area contributed by atoms with Gasteiger partial charge in [0.2, 0.25) is 0 Å². The van der Waals surface area contributed by atoms with Crippen LogP contribution in [0.2, 0.25) is 28.5 Å². The van der Waals surface area contributed by atoms with E-state index in [1.54, 1.807) is 28.5 Å². The second-order valence-electron chi connectivity index (χ2n) is 3.46. The first-order valence-corrected chi connectivity index (χ1v) is 13.5. The molecule has 0 aromatic rings. The van der Waals surface area contributed by atoms with E-state index in [1.807, 2.05) is 0 Å². The Morgan fingerprint density at radius 2 is 1.08 bits per heavy atom. The van der Waals surface area contributed by atoms with Gasteiger partial charge >= 0.3 is 83.7 Å². The molecule has 0 N–H and O–H groups in total. The molecule has 2 heteroatoms. The maximum atomic E-state index is 2.45. The van der Waals surface area contributed by atoms with Crippen LogP contribution in [0.25, 0.3) is 0 Å². The summed E-state index contributed by atoms with van der Waals surface area (Å²) < 4.78 is 0. The summed E-state index contributed by atoms with van der Waals surface area (Å²) in [6.45, 7) is 11.5. The Kier molecular flexibility index (Phi) is 6.67. The fraction of sp³-hybridized carbons (Fsp3) is 1.00. The first kappa shape index (κ1) is 12.8. The van der Waals surface area contributed by atoms with Crippen molar-refractivity contribution in [3.8, 4) is 0 Å². The van der Waals surface area contributed by atoms with Gasteiger partial charge in [-0.15, -0.1) is 0 Å². The second kappa shape index (κ2) is 6.26. The topological polar surface area (TPSA) is 0 Å². The van der Waals surface area contributed by atoms with Gasteiger partial charge in [-0.3, -0.25) is 0 Å². The van der Waals surface area contributed by atoms with Crippen molar-refractivity contribution in [2.24, 2.45) is 0 Å². The summed E-state index contributed by atoms with van der Waals surface area (Å²) in [4.78, 5) is 0. The first-order chi connectivity index (χ1) is 5.70. The molecule has 0 aromatic heterocycles. The molecule has 0 saturated carbocycles. The van der Waals surface area contributed by atoms with Gasteiger partial charge in [-0.25, -0.2) is 0 Å². The van der Waals surface area contributed by atoms with Crippen LogP contribution in [-0.2, 0) is 0 Å². The van der Waals surface area contributed by atoms with E-state index in [2.05, 4.69) is 34.6 Å². The van der Waals surface area contributed by atoms with Crippen molar-refractivity contribution in [1.29, 1.82) is 0 Å². The van der Waals surface area contributed by atoms with E-state index in [9.17, 15) is 0 Å². The minimum absolute atomic E-state index is 0.373. The molecule has 0 rings (SSSR count). The monoisotopic (exact) mass is 248 g/mol. The Hall–Kier alpha value is 0.775. The van der Waals surface area contributed by atoms with Gasteiger partial charge in [0.25, 0.3) is 0 Å². The Balaban J connectivity index is 4.42. The average Bonchev–Trinajstić information content (AvgIpc) is 2.14. The van der Waals surface area contributed by atoms with Crippen LogP contribution < -0.4 is 0 Å². The van der Waals surface area contributed by atoms with E-state index in [1.165, 1.54) is 0 Å². The van der Waals surface area contributed by atoms with Crippen molar-refractivity contribution >= 4 is 20.5 Å². The van der Waals surface area contributed by atoms with Crippen molar-refractivity contribution in [2.75, 3.05) is 0 Å². The quantitative estimate of drug-likeness (QED) is 0.621. The van der Waals surface area contributed by atoms with Crippen molar-refractivity contribution in [1.82, 2.24) is 0 Å². The summed E-state index contributed by atoms with van der Waals surface area (Å²) in [5, 5.41) is 3.12. The average molecular weight is 248 g/mol. The molecular formula is C10H25AsSi. The molecule has 74 valence electrons. The summed E-state index contributed by atoms with van der Waals surface area (Å²) in [6, 6.07) is 4.67. The Labute approximate surface area is 83.8 Å². The molecule has 0 aliphatic rings. The van der Waals surface area contributed by atoms with Crippen LogP contribution in [0.3, 0.4) is 0 Å². The van der Waals surface area contributed by atoms with E-state index in [0.29, 0.717) is 0 Å². The summed E-state index contributed by atoms with van der Waals surface area (Å²) in [7, 11) is 0. The maximum absolute atomic E-state index is 2.45. The summed E-state index contributed by atoms with van der Waals surface area (Å²) in [6.07, 6.45) is 0. The van der Waals surface area contributed by atoms with Crippen molar-refractivity contribution in [3.63, 3.8) is 0 Å². The molecule has 0 aromatic carbocycles. The molecule has 12 heavy (non-hydrogen) atoms. The van der Waals surface area contributed by atoms with Crippen LogP contribution in [-0.4, -0.2) is 20.5 Å². The summed E-state index contributed by atoms with van der Waals surface area (Å²) >= 11 is -0.373. The van der Waals surface area contributed by atoms with Gasteiger partial charge in [-0.05, 0) is 0 Å². The molecule has 0 radical (unpaired) electrons. The van der Waals surface area contributed by atoms with Gasteiger partial charge in [0, 0.05) is 0 Å². The van der Waals surface area contributed by atoms with Crippen LogP contribution in [0, 0.1) is 0 Å². The molecule has 0 bridgehead atoms. The summed E-state index contributed by atoms with van der Waals surface area (Å²) in [5.41, 5.74) is 0. The first-order valence-electron chi connectivity index (χ1n) is 5.45. The van der Waals surface area contributed by atoms with Gasteiger partial charge in [0.05, 0.1) is 0 Å². The zero-order valence-electron chi connectivity index (χ0n) is 9.48. The van der Waals surface area contributed by atoms with E-state index in [-0.39, 0.29) is 14.0 Å². The molecule has 0 heterocycles. The summed E-state index contributed by atoms with van der Waals surface area (Å²) in [5.74, 6) is 0. The van der Waals surface area contributed by atoms with E-state index >= 15 is 0 Å². The van der Waals surface area contributed by atoms with Gasteiger partial charge in [0.15, 0.2) is 0 Å².